The van der Waals surface area contributed by atoms with E-state index in [4.69, 9.17) is 5.73 Å². The third kappa shape index (κ3) is 2.22. The second-order valence-corrected chi connectivity index (χ2v) is 5.31. The van der Waals surface area contributed by atoms with E-state index in [0.717, 1.165) is 6.42 Å². The lowest BCUT2D eigenvalue weighted by Gasteiger charge is -2.09. The topological polar surface area (TPSA) is 30.9 Å². The Morgan fingerprint density at radius 2 is 1.94 bits per heavy atom. The molecule has 0 saturated carbocycles. The molecule has 0 saturated heterocycles. The second kappa shape index (κ2) is 4.53. The number of benzene rings is 1. The minimum Gasteiger partial charge on any atom is -0.345 e. The summed E-state index contributed by atoms with van der Waals surface area (Å²) in [6, 6.07) is 7.21. The molecule has 17 heavy (non-hydrogen) atoms. The van der Waals surface area contributed by atoms with Crippen molar-refractivity contribution in [3.63, 3.8) is 0 Å². The number of nitrogens with two attached hydrogens (primary N) is 1. The van der Waals surface area contributed by atoms with Crippen molar-refractivity contribution in [3.8, 4) is 0 Å². The number of aryl methyl sites for hydroxylation is 1. The number of rotatable bonds is 3. The SMILES string of the molecule is Cc1cccc2c1c(CC(C)N)cn2C(C)C. The van der Waals surface area contributed by atoms with Gasteiger partial charge in [0.05, 0.1) is 0 Å². The average molecular weight is 230 g/mol. The van der Waals surface area contributed by atoms with Crippen molar-refractivity contribution in [3.05, 3.63) is 35.5 Å². The fourth-order valence-corrected chi connectivity index (χ4v) is 2.52. The van der Waals surface area contributed by atoms with Crippen molar-refractivity contribution in [2.24, 2.45) is 5.73 Å². The van der Waals surface area contributed by atoms with Crippen molar-refractivity contribution >= 4 is 10.9 Å². The van der Waals surface area contributed by atoms with Gasteiger partial charge in [-0.25, -0.2) is 0 Å². The lowest BCUT2D eigenvalue weighted by molar-refractivity contribution is 0.618. The molecular formula is C15H22N2. The van der Waals surface area contributed by atoms with Crippen molar-refractivity contribution in [1.82, 2.24) is 4.57 Å². The molecule has 2 rings (SSSR count). The fraction of sp³-hybridized carbons (Fsp3) is 0.467. The van der Waals surface area contributed by atoms with Crippen LogP contribution in [-0.2, 0) is 6.42 Å². The predicted molar refractivity (Wildman–Crippen MR) is 74.4 cm³/mol. The Balaban J connectivity index is 2.67. The molecule has 0 aliphatic heterocycles. The maximum Gasteiger partial charge on any atom is 0.0488 e. The fourth-order valence-electron chi connectivity index (χ4n) is 2.52. The van der Waals surface area contributed by atoms with Crippen LogP contribution in [0.15, 0.2) is 24.4 Å². The van der Waals surface area contributed by atoms with Gasteiger partial charge in [0, 0.05) is 29.2 Å². The summed E-state index contributed by atoms with van der Waals surface area (Å²) in [6.45, 7) is 8.68. The van der Waals surface area contributed by atoms with Crippen molar-refractivity contribution in [2.45, 2.75) is 46.2 Å². The first-order valence-corrected chi connectivity index (χ1v) is 6.35. The van der Waals surface area contributed by atoms with E-state index in [0.29, 0.717) is 6.04 Å². The molecule has 2 heteroatoms. The molecule has 1 aromatic heterocycles. The van der Waals surface area contributed by atoms with Crippen molar-refractivity contribution < 1.29 is 0 Å². The van der Waals surface area contributed by atoms with E-state index in [2.05, 4.69) is 56.7 Å². The summed E-state index contributed by atoms with van der Waals surface area (Å²) in [4.78, 5) is 0. The summed E-state index contributed by atoms with van der Waals surface area (Å²) in [6.07, 6.45) is 3.22. The van der Waals surface area contributed by atoms with Crippen LogP contribution >= 0.6 is 0 Å². The largest absolute Gasteiger partial charge is 0.345 e. The van der Waals surface area contributed by atoms with E-state index in [1.165, 1.54) is 22.0 Å². The minimum absolute atomic E-state index is 0.209. The van der Waals surface area contributed by atoms with E-state index in [1.807, 2.05) is 0 Å². The van der Waals surface area contributed by atoms with Gasteiger partial charge in [-0.15, -0.1) is 0 Å². The number of hydrogen-bond acceptors (Lipinski definition) is 1. The summed E-state index contributed by atoms with van der Waals surface area (Å²) in [5, 5.41) is 1.39. The summed E-state index contributed by atoms with van der Waals surface area (Å²) in [7, 11) is 0. The molecule has 92 valence electrons. The summed E-state index contributed by atoms with van der Waals surface area (Å²) in [5.74, 6) is 0. The molecule has 0 aliphatic rings. The molecule has 0 spiro atoms. The highest BCUT2D eigenvalue weighted by atomic mass is 15.0. The van der Waals surface area contributed by atoms with Crippen LogP contribution < -0.4 is 5.73 Å². The van der Waals surface area contributed by atoms with Gasteiger partial charge < -0.3 is 10.3 Å². The molecule has 0 radical (unpaired) electrons. The van der Waals surface area contributed by atoms with Gasteiger partial charge in [-0.2, -0.15) is 0 Å². The minimum atomic E-state index is 0.209. The molecule has 0 amide bonds. The zero-order valence-corrected chi connectivity index (χ0v) is 11.2. The number of fused-ring (bicyclic) bond motifs is 1. The first-order valence-electron chi connectivity index (χ1n) is 6.35. The standard InChI is InChI=1S/C15H22N2/c1-10(2)17-9-13(8-12(4)16)15-11(3)6-5-7-14(15)17/h5-7,9-10,12H,8,16H2,1-4H3. The molecule has 1 unspecified atom stereocenters. The van der Waals surface area contributed by atoms with E-state index >= 15 is 0 Å². The van der Waals surface area contributed by atoms with Gasteiger partial charge in [0.1, 0.15) is 0 Å². The molecule has 2 nitrogen and oxygen atoms in total. The van der Waals surface area contributed by atoms with Crippen LogP contribution in [0, 0.1) is 6.92 Å². The maximum atomic E-state index is 5.94. The Bertz CT molecular complexity index is 521. The monoisotopic (exact) mass is 230 g/mol. The lowest BCUT2D eigenvalue weighted by atomic mass is 10.0. The molecule has 0 bridgehead atoms. The zero-order chi connectivity index (χ0) is 12.6. The van der Waals surface area contributed by atoms with Crippen LogP contribution in [0.5, 0.6) is 0 Å². The third-order valence-electron chi connectivity index (χ3n) is 3.24. The molecule has 2 aromatic rings. The Morgan fingerprint density at radius 3 is 2.53 bits per heavy atom. The Morgan fingerprint density at radius 1 is 1.24 bits per heavy atom. The average Bonchev–Trinajstić information content (AvgIpc) is 2.57. The molecule has 2 N–H and O–H groups in total. The summed E-state index contributed by atoms with van der Waals surface area (Å²) >= 11 is 0. The van der Waals surface area contributed by atoms with Gasteiger partial charge in [0.15, 0.2) is 0 Å². The van der Waals surface area contributed by atoms with E-state index < -0.39 is 0 Å². The van der Waals surface area contributed by atoms with Gasteiger partial charge in [-0.1, -0.05) is 12.1 Å². The van der Waals surface area contributed by atoms with Crippen LogP contribution in [0.1, 0.15) is 37.9 Å². The Hall–Kier alpha value is -1.28. The molecule has 1 heterocycles. The quantitative estimate of drug-likeness (QED) is 0.860. The normalized spacial score (nSPS) is 13.5. The van der Waals surface area contributed by atoms with Crippen LogP contribution in [0.4, 0.5) is 0 Å². The first-order chi connectivity index (χ1) is 8.00. The number of aromatic nitrogens is 1. The third-order valence-corrected chi connectivity index (χ3v) is 3.24. The van der Waals surface area contributed by atoms with Gasteiger partial charge >= 0.3 is 0 Å². The van der Waals surface area contributed by atoms with Gasteiger partial charge in [-0.05, 0) is 51.3 Å². The Labute approximate surface area is 103 Å². The zero-order valence-electron chi connectivity index (χ0n) is 11.2. The maximum absolute atomic E-state index is 5.94. The van der Waals surface area contributed by atoms with Crippen molar-refractivity contribution in [1.29, 1.82) is 0 Å². The highest BCUT2D eigenvalue weighted by molar-refractivity contribution is 5.87. The van der Waals surface area contributed by atoms with E-state index in [1.54, 1.807) is 0 Å². The van der Waals surface area contributed by atoms with Crippen LogP contribution in [0.2, 0.25) is 0 Å². The van der Waals surface area contributed by atoms with E-state index in [9.17, 15) is 0 Å². The summed E-state index contributed by atoms with van der Waals surface area (Å²) < 4.78 is 2.35. The number of nitrogens with zero attached hydrogens (tertiary/aromatic N) is 1. The van der Waals surface area contributed by atoms with Crippen LogP contribution in [0.25, 0.3) is 10.9 Å². The highest BCUT2D eigenvalue weighted by Gasteiger charge is 2.13. The Kier molecular flexibility index (Phi) is 3.25. The molecule has 0 aliphatic carbocycles. The summed E-state index contributed by atoms with van der Waals surface area (Å²) in [5.41, 5.74) is 9.99. The van der Waals surface area contributed by atoms with Gasteiger partial charge in [0.2, 0.25) is 0 Å². The smallest absolute Gasteiger partial charge is 0.0488 e. The second-order valence-electron chi connectivity index (χ2n) is 5.31. The van der Waals surface area contributed by atoms with Crippen LogP contribution in [-0.4, -0.2) is 10.6 Å². The molecule has 1 atom stereocenters. The van der Waals surface area contributed by atoms with E-state index in [-0.39, 0.29) is 6.04 Å². The van der Waals surface area contributed by atoms with Gasteiger partial charge in [-0.3, -0.25) is 0 Å². The number of hydrogen-bond donors (Lipinski definition) is 1. The molecular weight excluding hydrogens is 208 g/mol. The lowest BCUT2D eigenvalue weighted by Crippen LogP contribution is -2.17. The van der Waals surface area contributed by atoms with Crippen LogP contribution in [0.3, 0.4) is 0 Å². The highest BCUT2D eigenvalue weighted by Crippen LogP contribution is 2.28. The van der Waals surface area contributed by atoms with Gasteiger partial charge in [0.25, 0.3) is 0 Å². The first kappa shape index (κ1) is 12.2. The predicted octanol–water partition coefficient (Wildman–Crippen LogP) is 3.42. The molecule has 1 aromatic carbocycles. The molecule has 0 fully saturated rings. The van der Waals surface area contributed by atoms with Crippen molar-refractivity contribution in [2.75, 3.05) is 0 Å².